The van der Waals surface area contributed by atoms with Crippen LogP contribution >= 0.6 is 11.8 Å². The van der Waals surface area contributed by atoms with E-state index in [-0.39, 0.29) is 23.7 Å². The monoisotopic (exact) mass is 531 g/mol. The molecule has 38 heavy (non-hydrogen) atoms. The highest BCUT2D eigenvalue weighted by molar-refractivity contribution is 8.27. The zero-order chi connectivity index (χ0) is 26.5. The number of hydrogen-bond acceptors (Lipinski definition) is 7. The average molecular weight is 532 g/mol. The third-order valence-electron chi connectivity index (χ3n) is 6.40. The number of aryl methyl sites for hydroxylation is 1. The van der Waals surface area contributed by atoms with Crippen molar-refractivity contribution in [3.8, 4) is 11.5 Å². The number of piperidine rings is 1. The van der Waals surface area contributed by atoms with Gasteiger partial charge in [0.25, 0.3) is 5.91 Å². The number of rotatable bonds is 8. The molecule has 3 heterocycles. The number of para-hydroxylation sites is 1. The minimum absolute atomic E-state index is 0.0223. The molecular formula is C28H29N5O4S. The molecule has 9 nitrogen and oxygen atoms in total. The SMILES string of the molecule is Cc1ccccc1OCCOc1ccc(/C=C2/C(=N)N3N=C(CC(=O)N4CCCCC4)SC3=NC2=O)cc1. The number of aliphatic imine (C=N–C) groups is 1. The van der Waals surface area contributed by atoms with Gasteiger partial charge in [0.05, 0.1) is 12.0 Å². The molecule has 2 aromatic carbocycles. The fourth-order valence-corrected chi connectivity index (χ4v) is 5.22. The van der Waals surface area contributed by atoms with Crippen molar-refractivity contribution in [1.29, 1.82) is 5.41 Å². The molecular weight excluding hydrogens is 502 g/mol. The fraction of sp³-hybridized carbons (Fsp3) is 0.321. The lowest BCUT2D eigenvalue weighted by molar-refractivity contribution is -0.130. The highest BCUT2D eigenvalue weighted by Crippen LogP contribution is 2.30. The maximum absolute atomic E-state index is 12.7. The molecule has 3 aliphatic rings. The van der Waals surface area contributed by atoms with E-state index in [2.05, 4.69) is 10.1 Å². The Morgan fingerprint density at radius 3 is 2.55 bits per heavy atom. The molecule has 2 amide bonds. The Balaban J connectivity index is 1.18. The summed E-state index contributed by atoms with van der Waals surface area (Å²) in [5.74, 6) is 0.983. The van der Waals surface area contributed by atoms with Crippen LogP contribution in [0.3, 0.4) is 0 Å². The van der Waals surface area contributed by atoms with Gasteiger partial charge >= 0.3 is 0 Å². The summed E-state index contributed by atoms with van der Waals surface area (Å²) in [4.78, 5) is 31.3. The van der Waals surface area contributed by atoms with E-state index in [4.69, 9.17) is 14.9 Å². The van der Waals surface area contributed by atoms with Crippen LogP contribution in [0.15, 0.2) is 64.2 Å². The molecule has 5 rings (SSSR count). The molecule has 196 valence electrons. The van der Waals surface area contributed by atoms with Crippen LogP contribution in [0.25, 0.3) is 6.08 Å². The molecule has 0 unspecified atom stereocenters. The normalized spacial score (nSPS) is 18.3. The zero-order valence-electron chi connectivity index (χ0n) is 21.2. The maximum atomic E-state index is 12.7. The summed E-state index contributed by atoms with van der Waals surface area (Å²) >= 11 is 1.18. The van der Waals surface area contributed by atoms with Gasteiger partial charge in [0.2, 0.25) is 11.1 Å². The number of nitrogens with zero attached hydrogens (tertiary/aromatic N) is 4. The van der Waals surface area contributed by atoms with Crippen molar-refractivity contribution in [2.45, 2.75) is 32.6 Å². The number of benzene rings is 2. The highest BCUT2D eigenvalue weighted by atomic mass is 32.2. The minimum atomic E-state index is -0.499. The number of nitrogens with one attached hydrogen (secondary N) is 1. The molecule has 0 aliphatic carbocycles. The number of likely N-dealkylation sites (tertiary alicyclic amines) is 1. The quantitative estimate of drug-likeness (QED) is 0.398. The second-order valence-electron chi connectivity index (χ2n) is 9.16. The number of amidine groups is 2. The Morgan fingerprint density at radius 2 is 1.79 bits per heavy atom. The Labute approximate surface area is 225 Å². The second-order valence-corrected chi connectivity index (χ2v) is 10.2. The lowest BCUT2D eigenvalue weighted by atomic mass is 10.1. The van der Waals surface area contributed by atoms with Crippen molar-refractivity contribution in [1.82, 2.24) is 9.91 Å². The van der Waals surface area contributed by atoms with E-state index in [0.717, 1.165) is 49.2 Å². The Hall–Kier alpha value is -3.92. The summed E-state index contributed by atoms with van der Waals surface area (Å²) < 4.78 is 11.5. The van der Waals surface area contributed by atoms with Gasteiger partial charge in [-0.05, 0) is 73.4 Å². The first-order valence-corrected chi connectivity index (χ1v) is 13.5. The Bertz CT molecular complexity index is 1330. The number of ether oxygens (including phenoxy) is 2. The smallest absolute Gasteiger partial charge is 0.283 e. The molecule has 0 radical (unpaired) electrons. The van der Waals surface area contributed by atoms with Gasteiger partial charge < -0.3 is 14.4 Å². The van der Waals surface area contributed by atoms with Crippen molar-refractivity contribution in [3.05, 3.63) is 65.2 Å². The summed E-state index contributed by atoms with van der Waals surface area (Å²) in [6.07, 6.45) is 4.96. The van der Waals surface area contributed by atoms with E-state index in [1.54, 1.807) is 18.2 Å². The van der Waals surface area contributed by atoms with Crippen molar-refractivity contribution in [2.75, 3.05) is 26.3 Å². The van der Waals surface area contributed by atoms with Crippen LogP contribution in [0.1, 0.15) is 36.8 Å². The molecule has 0 bridgehead atoms. The van der Waals surface area contributed by atoms with Gasteiger partial charge in [-0.3, -0.25) is 15.0 Å². The summed E-state index contributed by atoms with van der Waals surface area (Å²) in [7, 11) is 0. The Kier molecular flexibility index (Phi) is 7.88. The van der Waals surface area contributed by atoms with Gasteiger partial charge in [-0.15, -0.1) is 0 Å². The number of amides is 2. The van der Waals surface area contributed by atoms with Crippen LogP contribution in [0, 0.1) is 12.3 Å². The molecule has 0 atom stereocenters. The minimum Gasteiger partial charge on any atom is -0.490 e. The molecule has 1 fully saturated rings. The zero-order valence-corrected chi connectivity index (χ0v) is 22.0. The molecule has 1 N–H and O–H groups in total. The molecule has 10 heteroatoms. The maximum Gasteiger partial charge on any atom is 0.283 e. The van der Waals surface area contributed by atoms with Crippen molar-refractivity contribution >= 4 is 45.7 Å². The van der Waals surface area contributed by atoms with Gasteiger partial charge in [-0.1, -0.05) is 30.3 Å². The van der Waals surface area contributed by atoms with Crippen LogP contribution < -0.4 is 9.47 Å². The lowest BCUT2D eigenvalue weighted by Gasteiger charge is -2.26. The first-order chi connectivity index (χ1) is 18.5. The fourth-order valence-electron chi connectivity index (χ4n) is 4.34. The van der Waals surface area contributed by atoms with Gasteiger partial charge in [0.15, 0.2) is 5.84 Å². The van der Waals surface area contributed by atoms with Crippen LogP contribution in [0.2, 0.25) is 0 Å². The van der Waals surface area contributed by atoms with E-state index < -0.39 is 5.91 Å². The number of carbonyl (C=O) groups excluding carboxylic acids is 2. The number of carbonyl (C=O) groups is 2. The van der Waals surface area contributed by atoms with E-state index in [0.29, 0.717) is 29.2 Å². The Morgan fingerprint density at radius 1 is 1.05 bits per heavy atom. The van der Waals surface area contributed by atoms with E-state index >= 15 is 0 Å². The van der Waals surface area contributed by atoms with Crippen LogP contribution in [0.5, 0.6) is 11.5 Å². The van der Waals surface area contributed by atoms with Gasteiger partial charge in [0, 0.05) is 13.1 Å². The summed E-state index contributed by atoms with van der Waals surface area (Å²) in [6.45, 7) is 4.35. The number of fused-ring (bicyclic) bond motifs is 1. The van der Waals surface area contributed by atoms with E-state index in [1.165, 1.54) is 16.8 Å². The number of hydrazone groups is 1. The van der Waals surface area contributed by atoms with Crippen molar-refractivity contribution in [3.63, 3.8) is 0 Å². The van der Waals surface area contributed by atoms with Crippen molar-refractivity contribution in [2.24, 2.45) is 10.1 Å². The molecule has 2 aromatic rings. The number of thioether (sulfide) groups is 1. The summed E-state index contributed by atoms with van der Waals surface area (Å²) in [5, 5.41) is 15.2. The predicted molar refractivity (Wildman–Crippen MR) is 149 cm³/mol. The van der Waals surface area contributed by atoms with Crippen LogP contribution in [-0.4, -0.2) is 64.1 Å². The predicted octanol–water partition coefficient (Wildman–Crippen LogP) is 4.47. The molecule has 3 aliphatic heterocycles. The van der Waals surface area contributed by atoms with E-state index in [1.807, 2.05) is 48.2 Å². The standard InChI is InChI=1S/C28H29N5O4S/c1-19-7-3-4-8-23(19)37-16-15-36-21-11-9-20(10-12-21)17-22-26(29)33-28(30-27(22)35)38-24(31-33)18-25(34)32-13-5-2-6-14-32/h3-4,7-12,17,29H,2,5-6,13-16,18H2,1H3/b22-17-,29-26?. The van der Waals surface area contributed by atoms with E-state index in [9.17, 15) is 9.59 Å². The highest BCUT2D eigenvalue weighted by Gasteiger charge is 2.36. The van der Waals surface area contributed by atoms with Crippen molar-refractivity contribution < 1.29 is 19.1 Å². The number of hydrogen-bond donors (Lipinski definition) is 1. The lowest BCUT2D eigenvalue weighted by Crippen LogP contribution is -2.36. The average Bonchev–Trinajstić information content (AvgIpc) is 3.33. The molecule has 0 saturated carbocycles. The third-order valence-corrected chi connectivity index (χ3v) is 7.31. The van der Waals surface area contributed by atoms with Gasteiger partial charge in [-0.2, -0.15) is 15.1 Å². The molecule has 1 saturated heterocycles. The summed E-state index contributed by atoms with van der Waals surface area (Å²) in [5.41, 5.74) is 1.95. The largest absolute Gasteiger partial charge is 0.490 e. The second kappa shape index (κ2) is 11.6. The topological polar surface area (TPSA) is 108 Å². The molecule has 0 spiro atoms. The van der Waals surface area contributed by atoms with Gasteiger partial charge in [-0.25, -0.2) is 0 Å². The van der Waals surface area contributed by atoms with Gasteiger partial charge in [0.1, 0.15) is 29.8 Å². The molecule has 0 aromatic heterocycles. The third kappa shape index (κ3) is 5.96. The summed E-state index contributed by atoms with van der Waals surface area (Å²) in [6, 6.07) is 15.1. The first-order valence-electron chi connectivity index (χ1n) is 12.7. The van der Waals surface area contributed by atoms with Crippen LogP contribution in [-0.2, 0) is 9.59 Å². The first kappa shape index (κ1) is 25.7. The van der Waals surface area contributed by atoms with Crippen LogP contribution in [0.4, 0.5) is 0 Å².